The number of nitrogens with zero attached hydrogens (tertiary/aromatic N) is 3. The van der Waals surface area contributed by atoms with Crippen molar-refractivity contribution in [2.24, 2.45) is 0 Å². The minimum Gasteiger partial charge on any atom is -0.339 e. The number of sulfonamides is 1. The van der Waals surface area contributed by atoms with Gasteiger partial charge in [0, 0.05) is 30.0 Å². The first-order valence-electron chi connectivity index (χ1n) is 9.54. The van der Waals surface area contributed by atoms with E-state index in [1.165, 1.54) is 28.5 Å². The van der Waals surface area contributed by atoms with E-state index < -0.39 is 10.0 Å². The molecule has 6 nitrogen and oxygen atoms in total. The van der Waals surface area contributed by atoms with Crippen LogP contribution >= 0.6 is 11.3 Å². The van der Waals surface area contributed by atoms with Gasteiger partial charge in [-0.05, 0) is 24.5 Å². The SMILES string of the molecule is CCN(Cc1ccccc1)S(=O)(=O)c1cc(-c2noc(C3CCCC3)n2)cs1. The molecule has 0 unspecified atom stereocenters. The molecule has 3 aromatic rings. The molecule has 0 saturated heterocycles. The van der Waals surface area contributed by atoms with E-state index in [0.717, 1.165) is 18.4 Å². The van der Waals surface area contributed by atoms with Crippen LogP contribution in [0.15, 0.2) is 50.5 Å². The summed E-state index contributed by atoms with van der Waals surface area (Å²) in [6.07, 6.45) is 4.54. The van der Waals surface area contributed by atoms with Crippen molar-refractivity contribution in [3.05, 3.63) is 53.2 Å². The summed E-state index contributed by atoms with van der Waals surface area (Å²) >= 11 is 1.20. The molecule has 2 heterocycles. The summed E-state index contributed by atoms with van der Waals surface area (Å²) < 4.78 is 33.4. The van der Waals surface area contributed by atoms with Crippen LogP contribution in [-0.2, 0) is 16.6 Å². The Kier molecular flexibility index (Phi) is 5.61. The van der Waals surface area contributed by atoms with Crippen LogP contribution in [0.5, 0.6) is 0 Å². The van der Waals surface area contributed by atoms with Crippen LogP contribution in [0, 0.1) is 0 Å². The number of aromatic nitrogens is 2. The second-order valence-electron chi connectivity index (χ2n) is 7.01. The maximum Gasteiger partial charge on any atom is 0.252 e. The maximum absolute atomic E-state index is 13.1. The quantitative estimate of drug-likeness (QED) is 0.558. The first-order chi connectivity index (χ1) is 13.6. The van der Waals surface area contributed by atoms with Gasteiger partial charge in [-0.2, -0.15) is 9.29 Å². The van der Waals surface area contributed by atoms with Gasteiger partial charge >= 0.3 is 0 Å². The van der Waals surface area contributed by atoms with Gasteiger partial charge in [-0.1, -0.05) is 55.3 Å². The fourth-order valence-electron chi connectivity index (χ4n) is 3.54. The zero-order valence-electron chi connectivity index (χ0n) is 15.7. The van der Waals surface area contributed by atoms with Gasteiger partial charge < -0.3 is 4.52 Å². The highest BCUT2D eigenvalue weighted by Gasteiger charge is 2.27. The van der Waals surface area contributed by atoms with Gasteiger partial charge in [-0.25, -0.2) is 8.42 Å². The van der Waals surface area contributed by atoms with Gasteiger partial charge in [-0.15, -0.1) is 11.3 Å². The van der Waals surface area contributed by atoms with E-state index >= 15 is 0 Å². The van der Waals surface area contributed by atoms with E-state index in [-0.39, 0.29) is 0 Å². The summed E-state index contributed by atoms with van der Waals surface area (Å²) in [5.41, 5.74) is 1.65. The topological polar surface area (TPSA) is 76.3 Å². The van der Waals surface area contributed by atoms with Crippen molar-refractivity contribution in [3.8, 4) is 11.4 Å². The Bertz CT molecular complexity index is 1020. The summed E-state index contributed by atoms with van der Waals surface area (Å²) in [7, 11) is -3.58. The molecule has 1 aliphatic carbocycles. The number of benzene rings is 1. The van der Waals surface area contributed by atoms with E-state index in [4.69, 9.17) is 4.52 Å². The molecule has 4 rings (SSSR count). The highest BCUT2D eigenvalue weighted by Crippen LogP contribution is 2.35. The van der Waals surface area contributed by atoms with E-state index in [1.807, 2.05) is 37.3 Å². The van der Waals surface area contributed by atoms with Crippen molar-refractivity contribution in [2.75, 3.05) is 6.54 Å². The first kappa shape index (κ1) is 19.3. The molecular weight excluding hydrogens is 394 g/mol. The van der Waals surface area contributed by atoms with Gasteiger partial charge in [0.15, 0.2) is 0 Å². The second kappa shape index (κ2) is 8.14. The average molecular weight is 418 g/mol. The lowest BCUT2D eigenvalue weighted by atomic mass is 10.1. The Hall–Kier alpha value is -2.03. The average Bonchev–Trinajstić information content (AvgIpc) is 3.47. The predicted octanol–water partition coefficient (Wildman–Crippen LogP) is 4.67. The van der Waals surface area contributed by atoms with Crippen LogP contribution in [-0.4, -0.2) is 29.4 Å². The summed E-state index contributed by atoms with van der Waals surface area (Å²) in [5.74, 6) is 1.47. The minimum atomic E-state index is -3.58. The maximum atomic E-state index is 13.1. The second-order valence-corrected chi connectivity index (χ2v) is 10.1. The number of hydrogen-bond donors (Lipinski definition) is 0. The third-order valence-electron chi connectivity index (χ3n) is 5.13. The molecular formula is C20H23N3O3S2. The van der Waals surface area contributed by atoms with Crippen molar-refractivity contribution in [2.45, 2.75) is 49.3 Å². The van der Waals surface area contributed by atoms with Crippen molar-refractivity contribution >= 4 is 21.4 Å². The highest BCUT2D eigenvalue weighted by molar-refractivity contribution is 7.91. The molecule has 0 radical (unpaired) electrons. The van der Waals surface area contributed by atoms with Crippen LogP contribution in [0.3, 0.4) is 0 Å². The van der Waals surface area contributed by atoms with Gasteiger partial charge in [0.1, 0.15) is 4.21 Å². The number of hydrogen-bond acceptors (Lipinski definition) is 6. The highest BCUT2D eigenvalue weighted by atomic mass is 32.2. The Morgan fingerprint density at radius 3 is 2.68 bits per heavy atom. The van der Waals surface area contributed by atoms with Crippen LogP contribution < -0.4 is 0 Å². The molecule has 8 heteroatoms. The fourth-order valence-corrected chi connectivity index (χ4v) is 6.29. The van der Waals surface area contributed by atoms with E-state index in [1.54, 1.807) is 11.4 Å². The van der Waals surface area contributed by atoms with E-state index in [0.29, 0.717) is 40.5 Å². The standard InChI is InChI=1S/C20H23N3O3S2/c1-2-23(13-15-8-4-3-5-9-15)28(24,25)18-12-17(14-27-18)19-21-20(26-22-19)16-10-6-7-11-16/h3-5,8-9,12,14,16H,2,6-7,10-11,13H2,1H3. The zero-order valence-corrected chi connectivity index (χ0v) is 17.4. The number of thiophene rings is 1. The molecule has 0 aliphatic heterocycles. The minimum absolute atomic E-state index is 0.299. The van der Waals surface area contributed by atoms with Crippen LogP contribution in [0.1, 0.15) is 50.0 Å². The lowest BCUT2D eigenvalue weighted by Crippen LogP contribution is -2.29. The molecule has 0 N–H and O–H groups in total. The lowest BCUT2D eigenvalue weighted by molar-refractivity contribution is 0.354. The molecule has 1 aromatic carbocycles. The van der Waals surface area contributed by atoms with Gasteiger partial charge in [0.25, 0.3) is 10.0 Å². The van der Waals surface area contributed by atoms with Gasteiger partial charge in [0.2, 0.25) is 11.7 Å². The molecule has 1 fully saturated rings. The molecule has 148 valence electrons. The lowest BCUT2D eigenvalue weighted by Gasteiger charge is -2.19. The Balaban J connectivity index is 1.55. The van der Waals surface area contributed by atoms with Crippen LogP contribution in [0.25, 0.3) is 11.4 Å². The molecule has 2 aromatic heterocycles. The molecule has 0 amide bonds. The van der Waals surface area contributed by atoms with Gasteiger partial charge in [-0.3, -0.25) is 0 Å². The largest absolute Gasteiger partial charge is 0.339 e. The Labute approximate surface area is 169 Å². The predicted molar refractivity (Wildman–Crippen MR) is 109 cm³/mol. The fraction of sp³-hybridized carbons (Fsp3) is 0.400. The van der Waals surface area contributed by atoms with Crippen LogP contribution in [0.4, 0.5) is 0 Å². The molecule has 0 bridgehead atoms. The Morgan fingerprint density at radius 2 is 1.96 bits per heavy atom. The first-order valence-corrected chi connectivity index (χ1v) is 11.9. The monoisotopic (exact) mass is 417 g/mol. The third-order valence-corrected chi connectivity index (χ3v) is 8.46. The summed E-state index contributed by atoms with van der Waals surface area (Å²) in [4.78, 5) is 4.51. The normalized spacial score (nSPS) is 15.5. The van der Waals surface area contributed by atoms with Gasteiger partial charge in [0.05, 0.1) is 0 Å². The third kappa shape index (κ3) is 3.90. The van der Waals surface area contributed by atoms with Crippen molar-refractivity contribution in [1.29, 1.82) is 0 Å². The summed E-state index contributed by atoms with van der Waals surface area (Å²) in [6, 6.07) is 11.3. The smallest absolute Gasteiger partial charge is 0.252 e. The molecule has 0 spiro atoms. The zero-order chi connectivity index (χ0) is 19.6. The number of rotatable bonds is 7. The summed E-state index contributed by atoms with van der Waals surface area (Å²) in [5, 5.41) is 5.86. The molecule has 0 atom stereocenters. The van der Waals surface area contributed by atoms with Crippen molar-refractivity contribution < 1.29 is 12.9 Å². The van der Waals surface area contributed by atoms with Crippen molar-refractivity contribution in [1.82, 2.24) is 14.4 Å². The molecule has 1 saturated carbocycles. The van der Waals surface area contributed by atoms with E-state index in [2.05, 4.69) is 10.1 Å². The van der Waals surface area contributed by atoms with Crippen LogP contribution in [0.2, 0.25) is 0 Å². The molecule has 28 heavy (non-hydrogen) atoms. The Morgan fingerprint density at radius 1 is 1.21 bits per heavy atom. The summed E-state index contributed by atoms with van der Waals surface area (Å²) in [6.45, 7) is 2.60. The molecule has 1 aliphatic rings. The van der Waals surface area contributed by atoms with E-state index in [9.17, 15) is 8.42 Å². The van der Waals surface area contributed by atoms with Crippen molar-refractivity contribution in [3.63, 3.8) is 0 Å².